The molecule has 1 unspecified atom stereocenters. The molecule has 3 nitrogen and oxygen atoms in total. The summed E-state index contributed by atoms with van der Waals surface area (Å²) < 4.78 is 0. The molecule has 3 heteroatoms. The molecule has 0 radical (unpaired) electrons. The Labute approximate surface area is 56.2 Å². The van der Waals surface area contributed by atoms with Crippen LogP contribution >= 0.6 is 0 Å². The quantitative estimate of drug-likeness (QED) is 0.458. The summed E-state index contributed by atoms with van der Waals surface area (Å²) in [5, 5.41) is 11.7. The Morgan fingerprint density at radius 2 is 2.11 bits per heavy atom. The maximum Gasteiger partial charge on any atom is 0.103 e. The van der Waals surface area contributed by atoms with Crippen LogP contribution in [0.4, 0.5) is 0 Å². The Kier molecular flexibility index (Phi) is 4.67. The van der Waals surface area contributed by atoms with E-state index in [1.807, 2.05) is 0 Å². The second-order valence-electron chi connectivity index (χ2n) is 2.46. The summed E-state index contributed by atoms with van der Waals surface area (Å²) in [5.74, 6) is 0. The van der Waals surface area contributed by atoms with Gasteiger partial charge in [-0.05, 0) is 13.0 Å². The fourth-order valence-corrected chi connectivity index (χ4v) is 0.520. The molecule has 0 aliphatic carbocycles. The van der Waals surface area contributed by atoms with Gasteiger partial charge >= 0.3 is 0 Å². The summed E-state index contributed by atoms with van der Waals surface area (Å²) in [7, 11) is 0. The lowest BCUT2D eigenvalue weighted by molar-refractivity contribution is 0.170. The molecule has 0 aliphatic rings. The van der Waals surface area contributed by atoms with Crippen LogP contribution in [0.5, 0.6) is 0 Å². The molecule has 0 aromatic rings. The average molecular weight is 132 g/mol. The minimum absolute atomic E-state index is 0.476. The molecular formula is C6H16N2O. The highest BCUT2D eigenvalue weighted by Gasteiger charge is 1.95. The van der Waals surface area contributed by atoms with Crippen molar-refractivity contribution in [2.45, 2.75) is 32.5 Å². The fourth-order valence-electron chi connectivity index (χ4n) is 0.520. The normalized spacial score (nSPS) is 14.3. The van der Waals surface area contributed by atoms with Gasteiger partial charge in [0, 0.05) is 6.04 Å². The third-order valence-electron chi connectivity index (χ3n) is 0.993. The summed E-state index contributed by atoms with van der Waals surface area (Å²) in [6.45, 7) is 4.90. The van der Waals surface area contributed by atoms with E-state index in [1.54, 1.807) is 0 Å². The highest BCUT2D eigenvalue weighted by molar-refractivity contribution is 4.54. The first-order valence-electron chi connectivity index (χ1n) is 3.30. The monoisotopic (exact) mass is 132 g/mol. The Balaban J connectivity index is 2.91. The smallest absolute Gasteiger partial charge is 0.103 e. The van der Waals surface area contributed by atoms with Gasteiger partial charge in [0.25, 0.3) is 0 Å². The average Bonchev–Trinajstić information content (AvgIpc) is 1.63. The van der Waals surface area contributed by atoms with Crippen LogP contribution in [0.3, 0.4) is 0 Å². The molecule has 1 atom stereocenters. The van der Waals surface area contributed by atoms with Crippen molar-refractivity contribution >= 4 is 0 Å². The Morgan fingerprint density at radius 1 is 1.56 bits per heavy atom. The first-order valence-corrected chi connectivity index (χ1v) is 3.30. The predicted octanol–water partition coefficient (Wildman–Crippen LogP) is -0.348. The van der Waals surface area contributed by atoms with Gasteiger partial charge in [-0.15, -0.1) is 0 Å². The lowest BCUT2D eigenvalue weighted by Crippen LogP contribution is -2.29. The number of aliphatic hydroxyl groups excluding tert-OH is 1. The van der Waals surface area contributed by atoms with Crippen molar-refractivity contribution in [3.05, 3.63) is 0 Å². The number of rotatable bonds is 4. The van der Waals surface area contributed by atoms with Crippen molar-refractivity contribution in [3.63, 3.8) is 0 Å². The van der Waals surface area contributed by atoms with Crippen LogP contribution in [-0.2, 0) is 0 Å². The van der Waals surface area contributed by atoms with Crippen molar-refractivity contribution in [3.8, 4) is 0 Å². The minimum Gasteiger partial charge on any atom is -0.379 e. The van der Waals surface area contributed by atoms with Gasteiger partial charge in [-0.1, -0.05) is 13.8 Å². The van der Waals surface area contributed by atoms with E-state index in [4.69, 9.17) is 10.8 Å². The molecule has 0 fully saturated rings. The predicted molar refractivity (Wildman–Crippen MR) is 37.9 cm³/mol. The molecule has 0 aliphatic heterocycles. The summed E-state index contributed by atoms with van der Waals surface area (Å²) in [6, 6.07) is 0.476. The van der Waals surface area contributed by atoms with Crippen molar-refractivity contribution < 1.29 is 5.11 Å². The Hall–Kier alpha value is -0.120. The van der Waals surface area contributed by atoms with E-state index in [2.05, 4.69) is 19.2 Å². The van der Waals surface area contributed by atoms with Gasteiger partial charge in [-0.3, -0.25) is 0 Å². The van der Waals surface area contributed by atoms with E-state index < -0.39 is 6.23 Å². The summed E-state index contributed by atoms with van der Waals surface area (Å²) in [4.78, 5) is 0. The second kappa shape index (κ2) is 4.73. The molecule has 0 heterocycles. The van der Waals surface area contributed by atoms with Crippen LogP contribution in [0.1, 0.15) is 20.3 Å². The molecule has 0 amide bonds. The van der Waals surface area contributed by atoms with E-state index in [-0.39, 0.29) is 0 Å². The molecule has 0 saturated heterocycles. The van der Waals surface area contributed by atoms with E-state index in [0.717, 1.165) is 6.54 Å². The van der Waals surface area contributed by atoms with Crippen molar-refractivity contribution in [1.29, 1.82) is 0 Å². The molecule has 4 N–H and O–H groups in total. The molecule has 0 saturated carbocycles. The van der Waals surface area contributed by atoms with E-state index in [0.29, 0.717) is 12.5 Å². The highest BCUT2D eigenvalue weighted by Crippen LogP contribution is 1.81. The zero-order valence-corrected chi connectivity index (χ0v) is 6.09. The van der Waals surface area contributed by atoms with Crippen molar-refractivity contribution in [2.75, 3.05) is 6.54 Å². The van der Waals surface area contributed by atoms with Crippen LogP contribution in [0.2, 0.25) is 0 Å². The molecule has 0 aromatic carbocycles. The molecule has 0 spiro atoms. The van der Waals surface area contributed by atoms with Gasteiger partial charge in [0.2, 0.25) is 0 Å². The van der Waals surface area contributed by atoms with Gasteiger partial charge in [-0.2, -0.15) is 0 Å². The van der Waals surface area contributed by atoms with Gasteiger partial charge < -0.3 is 16.2 Å². The van der Waals surface area contributed by atoms with Gasteiger partial charge in [0.05, 0.1) is 0 Å². The van der Waals surface area contributed by atoms with Crippen LogP contribution in [0.15, 0.2) is 0 Å². The second-order valence-corrected chi connectivity index (χ2v) is 2.46. The topological polar surface area (TPSA) is 58.3 Å². The van der Waals surface area contributed by atoms with Gasteiger partial charge in [0.15, 0.2) is 0 Å². The molecular weight excluding hydrogens is 116 g/mol. The molecule has 0 aromatic heterocycles. The largest absolute Gasteiger partial charge is 0.379 e. The lowest BCUT2D eigenvalue weighted by atomic mass is 10.3. The SMILES string of the molecule is CC(C)NCCC(N)O. The molecule has 56 valence electrons. The molecule has 9 heavy (non-hydrogen) atoms. The maximum absolute atomic E-state index is 8.60. The van der Waals surface area contributed by atoms with Crippen molar-refractivity contribution in [2.24, 2.45) is 5.73 Å². The van der Waals surface area contributed by atoms with Crippen molar-refractivity contribution in [1.82, 2.24) is 5.32 Å². The van der Waals surface area contributed by atoms with E-state index >= 15 is 0 Å². The highest BCUT2D eigenvalue weighted by atomic mass is 16.3. The third kappa shape index (κ3) is 7.88. The standard InChI is InChI=1S/C6H16N2O/c1-5(2)8-4-3-6(7)9/h5-6,8-9H,3-4,7H2,1-2H3. The number of aliphatic hydroxyl groups is 1. The zero-order chi connectivity index (χ0) is 7.28. The summed E-state index contributed by atoms with van der Waals surface area (Å²) >= 11 is 0. The number of nitrogens with two attached hydrogens (primary N) is 1. The zero-order valence-electron chi connectivity index (χ0n) is 6.09. The number of nitrogens with one attached hydrogen (secondary N) is 1. The van der Waals surface area contributed by atoms with Crippen LogP contribution in [0.25, 0.3) is 0 Å². The van der Waals surface area contributed by atoms with Crippen LogP contribution < -0.4 is 11.1 Å². The van der Waals surface area contributed by atoms with Crippen LogP contribution in [-0.4, -0.2) is 23.9 Å². The first-order chi connectivity index (χ1) is 4.13. The van der Waals surface area contributed by atoms with Gasteiger partial charge in [0.1, 0.15) is 6.23 Å². The third-order valence-corrected chi connectivity index (χ3v) is 0.993. The minimum atomic E-state index is -0.670. The number of hydrogen-bond donors (Lipinski definition) is 3. The molecule has 0 bridgehead atoms. The van der Waals surface area contributed by atoms with Crippen LogP contribution in [0, 0.1) is 0 Å². The van der Waals surface area contributed by atoms with Gasteiger partial charge in [-0.25, -0.2) is 0 Å². The number of hydrogen-bond acceptors (Lipinski definition) is 3. The molecule has 0 rings (SSSR count). The summed E-state index contributed by atoms with van der Waals surface area (Å²) in [6.07, 6.45) is -0.0469. The van der Waals surface area contributed by atoms with E-state index in [1.165, 1.54) is 0 Å². The summed E-state index contributed by atoms with van der Waals surface area (Å²) in [5.41, 5.74) is 5.09. The lowest BCUT2D eigenvalue weighted by Gasteiger charge is -2.08. The fraction of sp³-hybridized carbons (Fsp3) is 1.00. The maximum atomic E-state index is 8.60. The first kappa shape index (κ1) is 8.88. The Bertz CT molecular complexity index is 56.1. The van der Waals surface area contributed by atoms with E-state index in [9.17, 15) is 0 Å². The Morgan fingerprint density at radius 3 is 2.44 bits per heavy atom.